The molecular weight excluding hydrogens is 288 g/mol. The summed E-state index contributed by atoms with van der Waals surface area (Å²) in [6.45, 7) is 6.25. The first-order valence-corrected chi connectivity index (χ1v) is 8.63. The second-order valence-electron chi connectivity index (χ2n) is 6.13. The molecule has 1 amide bonds. The van der Waals surface area contributed by atoms with Gasteiger partial charge in [0.1, 0.15) is 0 Å². The van der Waals surface area contributed by atoms with Gasteiger partial charge in [0.05, 0.1) is 11.4 Å². The molecule has 4 nitrogen and oxygen atoms in total. The lowest BCUT2D eigenvalue weighted by molar-refractivity contribution is -0.112. The van der Waals surface area contributed by atoms with Crippen molar-refractivity contribution >= 4 is 17.3 Å². The summed E-state index contributed by atoms with van der Waals surface area (Å²) < 4.78 is 0. The summed E-state index contributed by atoms with van der Waals surface area (Å²) >= 11 is 0. The summed E-state index contributed by atoms with van der Waals surface area (Å²) in [4.78, 5) is 14.5. The molecule has 0 aliphatic carbocycles. The molecule has 1 fully saturated rings. The van der Waals surface area contributed by atoms with Crippen LogP contribution in [0.5, 0.6) is 0 Å². The number of amides is 1. The van der Waals surface area contributed by atoms with Gasteiger partial charge < -0.3 is 15.3 Å². The Morgan fingerprint density at radius 2 is 1.91 bits per heavy atom. The summed E-state index contributed by atoms with van der Waals surface area (Å²) in [5, 5.41) is 12.3. The van der Waals surface area contributed by atoms with Gasteiger partial charge in [-0.2, -0.15) is 0 Å². The topological polar surface area (TPSA) is 52.6 Å². The van der Waals surface area contributed by atoms with Crippen molar-refractivity contribution in [2.45, 2.75) is 39.5 Å². The first-order chi connectivity index (χ1) is 11.2. The second-order valence-corrected chi connectivity index (χ2v) is 6.13. The molecule has 1 aromatic rings. The molecule has 1 aliphatic rings. The molecule has 0 unspecified atom stereocenters. The van der Waals surface area contributed by atoms with Gasteiger partial charge in [-0.25, -0.2) is 0 Å². The minimum Gasteiger partial charge on any atom is -0.396 e. The molecule has 2 N–H and O–H groups in total. The molecule has 0 saturated carbocycles. The van der Waals surface area contributed by atoms with Gasteiger partial charge >= 0.3 is 0 Å². The zero-order chi connectivity index (χ0) is 16.7. The predicted molar refractivity (Wildman–Crippen MR) is 95.8 cm³/mol. The molecule has 23 heavy (non-hydrogen) atoms. The Balaban J connectivity index is 2.09. The van der Waals surface area contributed by atoms with E-state index in [0.717, 1.165) is 55.7 Å². The van der Waals surface area contributed by atoms with Crippen LogP contribution in [-0.4, -0.2) is 30.7 Å². The standard InChI is InChI=1S/C19H28N2O2/c1-3-15(4-2)13-19(23)20-17-7-5-6-8-18(17)21-11-9-16(14-22)10-12-21/h5-8,13,16,22H,3-4,9-12,14H2,1-2H3,(H,20,23). The number of carbonyl (C=O) groups is 1. The molecule has 1 heterocycles. The number of carbonyl (C=O) groups excluding carboxylic acids is 1. The van der Waals surface area contributed by atoms with E-state index >= 15 is 0 Å². The van der Waals surface area contributed by atoms with Crippen molar-refractivity contribution < 1.29 is 9.90 Å². The maximum absolute atomic E-state index is 12.2. The van der Waals surface area contributed by atoms with Crippen molar-refractivity contribution in [2.75, 3.05) is 29.9 Å². The van der Waals surface area contributed by atoms with Gasteiger partial charge in [-0.3, -0.25) is 4.79 Å². The Morgan fingerprint density at radius 1 is 1.26 bits per heavy atom. The van der Waals surface area contributed by atoms with Crippen molar-refractivity contribution in [1.82, 2.24) is 0 Å². The monoisotopic (exact) mass is 316 g/mol. The van der Waals surface area contributed by atoms with Gasteiger partial charge in [0.15, 0.2) is 0 Å². The molecular formula is C19H28N2O2. The highest BCUT2D eigenvalue weighted by molar-refractivity contribution is 6.01. The van der Waals surface area contributed by atoms with Crippen molar-refractivity contribution in [3.63, 3.8) is 0 Å². The number of nitrogens with zero attached hydrogens (tertiary/aromatic N) is 1. The maximum atomic E-state index is 12.2. The lowest BCUT2D eigenvalue weighted by Gasteiger charge is -2.34. The van der Waals surface area contributed by atoms with Crippen LogP contribution in [-0.2, 0) is 4.79 Å². The third-order valence-corrected chi connectivity index (χ3v) is 4.62. The van der Waals surface area contributed by atoms with Crippen LogP contribution in [0.15, 0.2) is 35.9 Å². The van der Waals surface area contributed by atoms with Crippen LogP contribution in [0.3, 0.4) is 0 Å². The highest BCUT2D eigenvalue weighted by Gasteiger charge is 2.20. The third-order valence-electron chi connectivity index (χ3n) is 4.62. The van der Waals surface area contributed by atoms with Crippen LogP contribution >= 0.6 is 0 Å². The molecule has 2 rings (SSSR count). The van der Waals surface area contributed by atoms with Gasteiger partial charge in [-0.15, -0.1) is 0 Å². The fraction of sp³-hybridized carbons (Fsp3) is 0.526. The summed E-state index contributed by atoms with van der Waals surface area (Å²) in [6.07, 6.45) is 5.51. The smallest absolute Gasteiger partial charge is 0.248 e. The number of piperidine rings is 1. The third kappa shape index (κ3) is 4.83. The minimum atomic E-state index is -0.0543. The van der Waals surface area contributed by atoms with Crippen LogP contribution in [0.25, 0.3) is 0 Å². The molecule has 4 heteroatoms. The number of aliphatic hydroxyl groups excluding tert-OH is 1. The zero-order valence-electron chi connectivity index (χ0n) is 14.2. The average molecular weight is 316 g/mol. The fourth-order valence-corrected chi connectivity index (χ4v) is 3.02. The lowest BCUT2D eigenvalue weighted by atomic mass is 9.97. The highest BCUT2D eigenvalue weighted by Crippen LogP contribution is 2.29. The maximum Gasteiger partial charge on any atom is 0.248 e. The van der Waals surface area contributed by atoms with E-state index in [9.17, 15) is 9.90 Å². The SMILES string of the molecule is CCC(=CC(=O)Nc1ccccc1N1CCC(CO)CC1)CC. The second kappa shape index (κ2) is 8.73. The van der Waals surface area contributed by atoms with E-state index < -0.39 is 0 Å². The van der Waals surface area contributed by atoms with E-state index in [4.69, 9.17) is 0 Å². The first kappa shape index (κ1) is 17.5. The fourth-order valence-electron chi connectivity index (χ4n) is 3.02. The number of benzene rings is 1. The predicted octanol–water partition coefficient (Wildman–Crippen LogP) is 3.58. The molecule has 1 saturated heterocycles. The van der Waals surface area contributed by atoms with E-state index in [0.29, 0.717) is 5.92 Å². The number of para-hydroxylation sites is 2. The number of rotatable bonds is 6. The number of hydrogen-bond acceptors (Lipinski definition) is 3. The van der Waals surface area contributed by atoms with Gasteiger partial charge in [-0.05, 0) is 43.7 Å². The summed E-state index contributed by atoms with van der Waals surface area (Å²) in [7, 11) is 0. The number of nitrogens with one attached hydrogen (secondary N) is 1. The Kier molecular flexibility index (Phi) is 6.66. The van der Waals surface area contributed by atoms with Gasteiger partial charge in [-0.1, -0.05) is 31.6 Å². The summed E-state index contributed by atoms with van der Waals surface area (Å²) in [5.41, 5.74) is 3.09. The Bertz CT molecular complexity index is 540. The zero-order valence-corrected chi connectivity index (χ0v) is 14.2. The van der Waals surface area contributed by atoms with Crippen LogP contribution in [0.1, 0.15) is 39.5 Å². The van der Waals surface area contributed by atoms with Crippen molar-refractivity contribution in [3.05, 3.63) is 35.9 Å². The number of anilines is 2. The highest BCUT2D eigenvalue weighted by atomic mass is 16.3. The molecule has 0 radical (unpaired) electrons. The molecule has 0 spiro atoms. The quantitative estimate of drug-likeness (QED) is 0.789. The van der Waals surface area contributed by atoms with E-state index in [1.54, 1.807) is 6.08 Å². The van der Waals surface area contributed by atoms with Crippen LogP contribution in [0.4, 0.5) is 11.4 Å². The number of hydrogen-bond donors (Lipinski definition) is 2. The van der Waals surface area contributed by atoms with Gasteiger partial charge in [0, 0.05) is 25.8 Å². The minimum absolute atomic E-state index is 0.0543. The molecule has 1 aliphatic heterocycles. The normalized spacial score (nSPS) is 15.3. The van der Waals surface area contributed by atoms with Crippen molar-refractivity contribution in [1.29, 1.82) is 0 Å². The Labute approximate surface area is 139 Å². The number of aliphatic hydroxyl groups is 1. The van der Waals surface area contributed by atoms with Crippen LogP contribution < -0.4 is 10.2 Å². The van der Waals surface area contributed by atoms with E-state index in [1.807, 2.05) is 18.2 Å². The molecule has 0 aromatic heterocycles. The molecule has 0 bridgehead atoms. The molecule has 1 aromatic carbocycles. The first-order valence-electron chi connectivity index (χ1n) is 8.63. The molecule has 126 valence electrons. The molecule has 0 atom stereocenters. The average Bonchev–Trinajstić information content (AvgIpc) is 2.60. The van der Waals surface area contributed by atoms with E-state index in [2.05, 4.69) is 30.1 Å². The lowest BCUT2D eigenvalue weighted by Crippen LogP contribution is -2.35. The Morgan fingerprint density at radius 3 is 2.52 bits per heavy atom. The number of allylic oxidation sites excluding steroid dienone is 1. The van der Waals surface area contributed by atoms with Crippen LogP contribution in [0, 0.1) is 5.92 Å². The van der Waals surface area contributed by atoms with E-state index in [1.165, 1.54) is 0 Å². The summed E-state index contributed by atoms with van der Waals surface area (Å²) in [6, 6.07) is 7.96. The van der Waals surface area contributed by atoms with Gasteiger partial charge in [0.2, 0.25) is 5.91 Å². The van der Waals surface area contributed by atoms with Crippen molar-refractivity contribution in [2.24, 2.45) is 5.92 Å². The van der Waals surface area contributed by atoms with Gasteiger partial charge in [0.25, 0.3) is 0 Å². The summed E-state index contributed by atoms with van der Waals surface area (Å²) in [5.74, 6) is 0.356. The largest absolute Gasteiger partial charge is 0.396 e. The Hall–Kier alpha value is -1.81. The van der Waals surface area contributed by atoms with E-state index in [-0.39, 0.29) is 12.5 Å². The van der Waals surface area contributed by atoms with Crippen molar-refractivity contribution in [3.8, 4) is 0 Å². The van der Waals surface area contributed by atoms with Crippen LogP contribution in [0.2, 0.25) is 0 Å².